The van der Waals surface area contributed by atoms with Crippen molar-refractivity contribution in [1.29, 1.82) is 0 Å². The Hall–Kier alpha value is -2.21. The maximum atomic E-state index is 5.87. The summed E-state index contributed by atoms with van der Waals surface area (Å²) in [6, 6.07) is 11.8. The van der Waals surface area contributed by atoms with E-state index in [1.807, 2.05) is 50.2 Å². The standard InChI is InChI=1S/C15H14BrN5/c1-9-3-5-12(16)8-14(9)21-15(18-19-20-21)11-4-6-13(17)10(2)7-11/h3-8H,17H2,1-2H3. The molecule has 0 amide bonds. The van der Waals surface area contributed by atoms with Gasteiger partial charge in [0.25, 0.3) is 0 Å². The smallest absolute Gasteiger partial charge is 0.187 e. The summed E-state index contributed by atoms with van der Waals surface area (Å²) in [5.41, 5.74) is 10.6. The first kappa shape index (κ1) is 13.8. The zero-order valence-electron chi connectivity index (χ0n) is 11.7. The van der Waals surface area contributed by atoms with E-state index in [4.69, 9.17) is 5.73 Å². The van der Waals surface area contributed by atoms with Gasteiger partial charge in [0.1, 0.15) is 0 Å². The van der Waals surface area contributed by atoms with Gasteiger partial charge in [-0.2, -0.15) is 4.68 Å². The number of halogens is 1. The van der Waals surface area contributed by atoms with Crippen LogP contribution in [0.5, 0.6) is 0 Å². The maximum Gasteiger partial charge on any atom is 0.187 e. The van der Waals surface area contributed by atoms with Crippen molar-refractivity contribution in [2.24, 2.45) is 0 Å². The van der Waals surface area contributed by atoms with Crippen molar-refractivity contribution in [2.45, 2.75) is 13.8 Å². The molecular weight excluding hydrogens is 330 g/mol. The number of nitrogens with zero attached hydrogens (tertiary/aromatic N) is 4. The molecule has 106 valence electrons. The molecule has 0 radical (unpaired) electrons. The first-order valence-electron chi connectivity index (χ1n) is 6.47. The summed E-state index contributed by atoms with van der Waals surface area (Å²) in [5.74, 6) is 0.694. The summed E-state index contributed by atoms with van der Waals surface area (Å²) in [7, 11) is 0. The van der Waals surface area contributed by atoms with Gasteiger partial charge in [-0.1, -0.05) is 22.0 Å². The number of rotatable bonds is 2. The Morgan fingerprint density at radius 2 is 1.86 bits per heavy atom. The Labute approximate surface area is 130 Å². The van der Waals surface area contributed by atoms with Gasteiger partial charge < -0.3 is 5.73 Å². The van der Waals surface area contributed by atoms with E-state index in [0.717, 1.165) is 32.5 Å². The zero-order chi connectivity index (χ0) is 15.0. The van der Waals surface area contributed by atoms with E-state index in [9.17, 15) is 0 Å². The van der Waals surface area contributed by atoms with Crippen molar-refractivity contribution in [2.75, 3.05) is 5.73 Å². The van der Waals surface area contributed by atoms with Gasteiger partial charge >= 0.3 is 0 Å². The van der Waals surface area contributed by atoms with Crippen LogP contribution in [0.4, 0.5) is 5.69 Å². The minimum absolute atomic E-state index is 0.694. The van der Waals surface area contributed by atoms with Crippen LogP contribution in [-0.2, 0) is 0 Å². The number of nitrogen functional groups attached to an aromatic ring is 1. The van der Waals surface area contributed by atoms with Crippen LogP contribution in [0.25, 0.3) is 17.1 Å². The van der Waals surface area contributed by atoms with Gasteiger partial charge in [0.05, 0.1) is 5.69 Å². The number of hydrogen-bond acceptors (Lipinski definition) is 4. The fraction of sp³-hybridized carbons (Fsp3) is 0.133. The van der Waals surface area contributed by atoms with Crippen LogP contribution in [0.1, 0.15) is 11.1 Å². The molecule has 21 heavy (non-hydrogen) atoms. The Kier molecular flexibility index (Phi) is 3.47. The lowest BCUT2D eigenvalue weighted by Gasteiger charge is -2.09. The molecule has 0 fully saturated rings. The largest absolute Gasteiger partial charge is 0.399 e. The summed E-state index contributed by atoms with van der Waals surface area (Å²) in [6.45, 7) is 4.00. The molecule has 0 aliphatic heterocycles. The second-order valence-electron chi connectivity index (χ2n) is 4.92. The van der Waals surface area contributed by atoms with Gasteiger partial charge in [0.15, 0.2) is 5.82 Å². The summed E-state index contributed by atoms with van der Waals surface area (Å²) in [5, 5.41) is 12.1. The number of benzene rings is 2. The average molecular weight is 344 g/mol. The van der Waals surface area contributed by atoms with Crippen molar-refractivity contribution in [3.63, 3.8) is 0 Å². The van der Waals surface area contributed by atoms with E-state index in [0.29, 0.717) is 5.82 Å². The van der Waals surface area contributed by atoms with Gasteiger partial charge in [0, 0.05) is 15.7 Å². The summed E-state index contributed by atoms with van der Waals surface area (Å²) < 4.78 is 2.73. The van der Waals surface area contributed by atoms with Gasteiger partial charge in [-0.3, -0.25) is 0 Å². The molecule has 0 saturated heterocycles. The molecular formula is C15H14BrN5. The quantitative estimate of drug-likeness (QED) is 0.725. The third kappa shape index (κ3) is 2.54. The molecule has 0 bridgehead atoms. The predicted octanol–water partition coefficient (Wildman–Crippen LogP) is 3.29. The molecule has 0 unspecified atom stereocenters. The fourth-order valence-corrected chi connectivity index (χ4v) is 2.50. The number of aryl methyl sites for hydroxylation is 2. The van der Waals surface area contributed by atoms with Crippen LogP contribution in [0.2, 0.25) is 0 Å². The van der Waals surface area contributed by atoms with Gasteiger partial charge in [-0.25, -0.2) is 0 Å². The van der Waals surface area contributed by atoms with Crippen molar-refractivity contribution in [3.05, 3.63) is 52.0 Å². The molecule has 1 heterocycles. The minimum atomic E-state index is 0.694. The molecule has 0 saturated carbocycles. The van der Waals surface area contributed by atoms with E-state index in [-0.39, 0.29) is 0 Å². The Morgan fingerprint density at radius 3 is 2.62 bits per heavy atom. The molecule has 1 aromatic heterocycles. The lowest BCUT2D eigenvalue weighted by atomic mass is 10.1. The highest BCUT2D eigenvalue weighted by Crippen LogP contribution is 2.26. The number of aromatic nitrogens is 4. The highest BCUT2D eigenvalue weighted by Gasteiger charge is 2.13. The van der Waals surface area contributed by atoms with E-state index < -0.39 is 0 Å². The van der Waals surface area contributed by atoms with E-state index in [2.05, 4.69) is 31.5 Å². The molecule has 5 nitrogen and oxygen atoms in total. The van der Waals surface area contributed by atoms with Crippen LogP contribution < -0.4 is 5.73 Å². The van der Waals surface area contributed by atoms with E-state index in [1.54, 1.807) is 4.68 Å². The second kappa shape index (κ2) is 5.29. The van der Waals surface area contributed by atoms with Crippen LogP contribution in [0, 0.1) is 13.8 Å². The first-order chi connectivity index (χ1) is 10.1. The van der Waals surface area contributed by atoms with Crippen LogP contribution >= 0.6 is 15.9 Å². The minimum Gasteiger partial charge on any atom is -0.399 e. The lowest BCUT2D eigenvalue weighted by Crippen LogP contribution is -2.02. The Morgan fingerprint density at radius 1 is 1.05 bits per heavy atom. The highest BCUT2D eigenvalue weighted by molar-refractivity contribution is 9.10. The normalized spacial score (nSPS) is 10.8. The maximum absolute atomic E-state index is 5.87. The molecule has 0 spiro atoms. The van der Waals surface area contributed by atoms with Gasteiger partial charge in [0.2, 0.25) is 0 Å². The summed E-state index contributed by atoms with van der Waals surface area (Å²) in [4.78, 5) is 0. The summed E-state index contributed by atoms with van der Waals surface area (Å²) >= 11 is 3.49. The fourth-order valence-electron chi connectivity index (χ4n) is 2.15. The number of anilines is 1. The van der Waals surface area contributed by atoms with Gasteiger partial charge in [-0.15, -0.1) is 5.10 Å². The highest BCUT2D eigenvalue weighted by atomic mass is 79.9. The summed E-state index contributed by atoms with van der Waals surface area (Å²) in [6.07, 6.45) is 0. The average Bonchev–Trinajstić information content (AvgIpc) is 2.93. The zero-order valence-corrected chi connectivity index (χ0v) is 13.3. The van der Waals surface area contributed by atoms with Crippen molar-refractivity contribution in [1.82, 2.24) is 20.2 Å². The molecule has 6 heteroatoms. The predicted molar refractivity (Wildman–Crippen MR) is 86.2 cm³/mol. The van der Waals surface area contributed by atoms with Crippen LogP contribution in [0.3, 0.4) is 0 Å². The molecule has 0 atom stereocenters. The van der Waals surface area contributed by atoms with E-state index >= 15 is 0 Å². The van der Waals surface area contributed by atoms with Crippen molar-refractivity contribution < 1.29 is 0 Å². The van der Waals surface area contributed by atoms with Crippen molar-refractivity contribution >= 4 is 21.6 Å². The third-order valence-electron chi connectivity index (χ3n) is 3.40. The second-order valence-corrected chi connectivity index (χ2v) is 5.83. The molecule has 0 aliphatic rings. The SMILES string of the molecule is Cc1cc(-c2nnnn2-c2cc(Br)ccc2C)ccc1N. The molecule has 3 aromatic rings. The molecule has 2 N–H and O–H groups in total. The van der Waals surface area contributed by atoms with Crippen LogP contribution in [-0.4, -0.2) is 20.2 Å². The van der Waals surface area contributed by atoms with E-state index in [1.165, 1.54) is 0 Å². The third-order valence-corrected chi connectivity index (χ3v) is 3.89. The Bertz CT molecular complexity index is 810. The molecule has 0 aliphatic carbocycles. The molecule has 3 rings (SSSR count). The van der Waals surface area contributed by atoms with Crippen LogP contribution in [0.15, 0.2) is 40.9 Å². The number of tetrazole rings is 1. The monoisotopic (exact) mass is 343 g/mol. The van der Waals surface area contributed by atoms with Gasteiger partial charge in [-0.05, 0) is 65.7 Å². The Balaban J connectivity index is 2.17. The first-order valence-corrected chi connectivity index (χ1v) is 7.27. The lowest BCUT2D eigenvalue weighted by molar-refractivity contribution is 0.787. The van der Waals surface area contributed by atoms with Crippen molar-refractivity contribution in [3.8, 4) is 17.1 Å². The topological polar surface area (TPSA) is 69.6 Å². The number of nitrogens with two attached hydrogens (primary N) is 1. The number of hydrogen-bond donors (Lipinski definition) is 1. The molecule has 2 aromatic carbocycles.